The fourth-order valence-corrected chi connectivity index (χ4v) is 5.15. The van der Waals surface area contributed by atoms with Gasteiger partial charge in [0.2, 0.25) is 0 Å². The Balaban J connectivity index is 1.76. The van der Waals surface area contributed by atoms with E-state index in [2.05, 4.69) is 16.1 Å². The number of thioether (sulfide) groups is 1. The molecule has 2 aromatic carbocycles. The van der Waals surface area contributed by atoms with Crippen molar-refractivity contribution in [3.8, 4) is 0 Å². The normalized spacial score (nSPS) is 11.7. The number of para-hydroxylation sites is 2. The molecule has 0 atom stereocenters. The molecule has 0 saturated heterocycles. The first-order valence-corrected chi connectivity index (χ1v) is 10.2. The Morgan fingerprint density at radius 3 is 2.54 bits per heavy atom. The Labute approximate surface area is 146 Å². The lowest BCUT2D eigenvalue weighted by Gasteiger charge is -2.07. The number of benzene rings is 2. The Kier molecular flexibility index (Phi) is 5.06. The number of fused-ring (bicyclic) bond motifs is 1. The van der Waals surface area contributed by atoms with Gasteiger partial charge in [0.05, 0.1) is 21.7 Å². The van der Waals surface area contributed by atoms with Crippen LogP contribution in [0, 0.1) is 0 Å². The molecule has 0 aliphatic carbocycles. The van der Waals surface area contributed by atoms with Crippen LogP contribution >= 0.6 is 11.8 Å². The molecule has 0 aliphatic rings. The van der Waals surface area contributed by atoms with Gasteiger partial charge >= 0.3 is 0 Å². The summed E-state index contributed by atoms with van der Waals surface area (Å²) >= 11 is 1.46. The van der Waals surface area contributed by atoms with Crippen LogP contribution in [0.5, 0.6) is 0 Å². The van der Waals surface area contributed by atoms with Gasteiger partial charge in [-0.25, -0.2) is 13.4 Å². The van der Waals surface area contributed by atoms with Gasteiger partial charge in [-0.05, 0) is 24.3 Å². The Hall–Kier alpha value is -2.05. The molecule has 124 valence electrons. The van der Waals surface area contributed by atoms with E-state index in [0.29, 0.717) is 17.2 Å². The minimum absolute atomic E-state index is 0.0823. The summed E-state index contributed by atoms with van der Waals surface area (Å²) < 4.78 is 26.8. The van der Waals surface area contributed by atoms with Crippen LogP contribution < -0.4 is 0 Å². The molecule has 24 heavy (non-hydrogen) atoms. The van der Waals surface area contributed by atoms with Crippen LogP contribution in [0.2, 0.25) is 0 Å². The number of aromatic nitrogens is 2. The van der Waals surface area contributed by atoms with Crippen LogP contribution in [0.4, 0.5) is 0 Å². The summed E-state index contributed by atoms with van der Waals surface area (Å²) in [7, 11) is -3.26. The smallest absolute Gasteiger partial charge is 0.179 e. The molecule has 6 heteroatoms. The van der Waals surface area contributed by atoms with Crippen molar-refractivity contribution < 1.29 is 8.42 Å². The van der Waals surface area contributed by atoms with Gasteiger partial charge in [-0.1, -0.05) is 48.2 Å². The Morgan fingerprint density at radius 1 is 1.08 bits per heavy atom. The van der Waals surface area contributed by atoms with Gasteiger partial charge in [0.1, 0.15) is 0 Å². The van der Waals surface area contributed by atoms with E-state index in [9.17, 15) is 8.42 Å². The number of nitrogens with zero attached hydrogens (tertiary/aromatic N) is 2. The van der Waals surface area contributed by atoms with Crippen molar-refractivity contribution >= 4 is 32.6 Å². The van der Waals surface area contributed by atoms with E-state index in [1.807, 2.05) is 36.4 Å². The largest absolute Gasteiger partial charge is 0.315 e. The Bertz CT molecular complexity index is 948. The van der Waals surface area contributed by atoms with Gasteiger partial charge in [0.25, 0.3) is 0 Å². The first-order chi connectivity index (χ1) is 11.6. The first kappa shape index (κ1) is 16.8. The van der Waals surface area contributed by atoms with Crippen molar-refractivity contribution in [3.63, 3.8) is 0 Å². The van der Waals surface area contributed by atoms with Crippen molar-refractivity contribution in [3.05, 3.63) is 67.3 Å². The maximum Gasteiger partial charge on any atom is 0.179 e. The van der Waals surface area contributed by atoms with E-state index in [1.54, 1.807) is 24.3 Å². The molecular formula is C18H18N2O2S2. The second-order valence-corrected chi connectivity index (χ2v) is 8.43. The van der Waals surface area contributed by atoms with Crippen LogP contribution in [0.25, 0.3) is 11.0 Å². The molecule has 3 aromatic rings. The third-order valence-corrected chi connectivity index (χ3v) is 6.59. The van der Waals surface area contributed by atoms with Crippen LogP contribution in [-0.4, -0.2) is 29.5 Å². The highest BCUT2D eigenvalue weighted by Crippen LogP contribution is 2.25. The fourth-order valence-electron chi connectivity index (χ4n) is 2.46. The molecular weight excluding hydrogens is 340 g/mol. The molecule has 0 bridgehead atoms. The van der Waals surface area contributed by atoms with E-state index >= 15 is 0 Å². The number of allylic oxidation sites excluding steroid dienone is 1. The highest BCUT2D eigenvalue weighted by atomic mass is 32.2. The van der Waals surface area contributed by atoms with Gasteiger partial charge in [-0.15, -0.1) is 6.58 Å². The lowest BCUT2D eigenvalue weighted by atomic mass is 10.3. The molecule has 0 fully saturated rings. The summed E-state index contributed by atoms with van der Waals surface area (Å²) in [4.78, 5) is 4.97. The topological polar surface area (TPSA) is 52.0 Å². The standard InChI is InChI=1S/C18H18N2O2S2/c1-2-12-20-17-11-7-6-10-16(17)19-18(20)23-13-14-24(21,22)15-8-4-3-5-9-15/h2-11H,1,12-14H2. The minimum atomic E-state index is -3.26. The molecule has 0 spiro atoms. The third-order valence-electron chi connectivity index (χ3n) is 3.62. The van der Waals surface area contributed by atoms with E-state index < -0.39 is 9.84 Å². The summed E-state index contributed by atoms with van der Waals surface area (Å²) in [6.45, 7) is 4.44. The van der Waals surface area contributed by atoms with Gasteiger partial charge in [-0.3, -0.25) is 0 Å². The number of hydrogen-bond donors (Lipinski definition) is 0. The van der Waals surface area contributed by atoms with E-state index in [-0.39, 0.29) is 5.75 Å². The predicted octanol–water partition coefficient (Wildman–Crippen LogP) is 3.79. The fraction of sp³-hybridized carbons (Fsp3) is 0.167. The molecule has 0 saturated carbocycles. The Morgan fingerprint density at radius 2 is 1.79 bits per heavy atom. The number of hydrogen-bond acceptors (Lipinski definition) is 4. The van der Waals surface area contributed by atoms with Crippen LogP contribution in [-0.2, 0) is 16.4 Å². The second-order valence-electron chi connectivity index (χ2n) is 5.26. The summed E-state index contributed by atoms with van der Waals surface area (Å²) in [5.41, 5.74) is 1.94. The van der Waals surface area contributed by atoms with Gasteiger partial charge in [-0.2, -0.15) is 0 Å². The quantitative estimate of drug-likeness (QED) is 0.476. The van der Waals surface area contributed by atoms with Gasteiger partial charge in [0.15, 0.2) is 15.0 Å². The maximum atomic E-state index is 12.3. The predicted molar refractivity (Wildman–Crippen MR) is 99.1 cm³/mol. The van der Waals surface area contributed by atoms with Crippen LogP contribution in [0.1, 0.15) is 0 Å². The number of rotatable bonds is 7. The lowest BCUT2D eigenvalue weighted by molar-refractivity contribution is 0.597. The molecule has 0 aliphatic heterocycles. The SMILES string of the molecule is C=CCn1c(SCCS(=O)(=O)c2ccccc2)nc2ccccc21. The number of imidazole rings is 1. The zero-order valence-electron chi connectivity index (χ0n) is 13.1. The van der Waals surface area contributed by atoms with Crippen LogP contribution in [0.15, 0.2) is 77.3 Å². The van der Waals surface area contributed by atoms with Crippen molar-refractivity contribution in [1.82, 2.24) is 9.55 Å². The average Bonchev–Trinajstić information content (AvgIpc) is 2.94. The van der Waals surface area contributed by atoms with Crippen molar-refractivity contribution in [2.24, 2.45) is 0 Å². The maximum absolute atomic E-state index is 12.3. The molecule has 4 nitrogen and oxygen atoms in total. The van der Waals surface area contributed by atoms with Gasteiger partial charge < -0.3 is 4.57 Å². The third kappa shape index (κ3) is 3.55. The van der Waals surface area contributed by atoms with Crippen molar-refractivity contribution in [2.45, 2.75) is 16.6 Å². The molecule has 3 rings (SSSR count). The lowest BCUT2D eigenvalue weighted by Crippen LogP contribution is -2.09. The zero-order valence-corrected chi connectivity index (χ0v) is 14.8. The highest BCUT2D eigenvalue weighted by Gasteiger charge is 2.15. The molecule has 0 radical (unpaired) electrons. The molecule has 1 heterocycles. The van der Waals surface area contributed by atoms with Crippen molar-refractivity contribution in [1.29, 1.82) is 0 Å². The summed E-state index contributed by atoms with van der Waals surface area (Å²) in [5.74, 6) is 0.538. The van der Waals surface area contributed by atoms with E-state index in [4.69, 9.17) is 0 Å². The zero-order chi connectivity index (χ0) is 17.0. The molecule has 0 unspecified atom stereocenters. The van der Waals surface area contributed by atoms with Gasteiger partial charge in [0, 0.05) is 12.3 Å². The average molecular weight is 358 g/mol. The number of sulfone groups is 1. The highest BCUT2D eigenvalue weighted by molar-refractivity contribution is 8.00. The summed E-state index contributed by atoms with van der Waals surface area (Å²) in [6, 6.07) is 16.4. The van der Waals surface area contributed by atoms with Crippen LogP contribution in [0.3, 0.4) is 0 Å². The molecule has 1 aromatic heterocycles. The second kappa shape index (κ2) is 7.23. The first-order valence-electron chi connectivity index (χ1n) is 7.58. The summed E-state index contributed by atoms with van der Waals surface area (Å²) in [5, 5.41) is 0.819. The molecule has 0 N–H and O–H groups in total. The van der Waals surface area contributed by atoms with Crippen molar-refractivity contribution in [2.75, 3.05) is 11.5 Å². The molecule has 0 amide bonds. The van der Waals surface area contributed by atoms with E-state index in [1.165, 1.54) is 11.8 Å². The summed E-state index contributed by atoms with van der Waals surface area (Å²) in [6.07, 6.45) is 1.82. The minimum Gasteiger partial charge on any atom is -0.315 e. The monoisotopic (exact) mass is 358 g/mol. The van der Waals surface area contributed by atoms with E-state index in [0.717, 1.165) is 16.2 Å².